The van der Waals surface area contributed by atoms with Crippen LogP contribution in [0.2, 0.25) is 0 Å². The third-order valence-corrected chi connectivity index (χ3v) is 2.94. The molecule has 0 spiro atoms. The zero-order valence-electron chi connectivity index (χ0n) is 11.9. The normalized spacial score (nSPS) is 14.3. The van der Waals surface area contributed by atoms with Crippen molar-refractivity contribution in [2.24, 2.45) is 0 Å². The van der Waals surface area contributed by atoms with E-state index in [1.54, 1.807) is 13.0 Å². The largest absolute Gasteiger partial charge is 0.463 e. The Morgan fingerprint density at radius 2 is 1.81 bits per heavy atom. The molecule has 0 heterocycles. The standard InChI is InChI=1S/C15H17F3O3/c1-11(2)9-10-21-13(19)14(20-3,15(16,17)18)12-7-5-4-6-8-12/h4-8H,1,9-10H2,2-3H3. The second-order valence-electron chi connectivity index (χ2n) is 4.59. The third-order valence-electron chi connectivity index (χ3n) is 2.94. The van der Waals surface area contributed by atoms with Crippen LogP contribution in [0.3, 0.4) is 0 Å². The van der Waals surface area contributed by atoms with Gasteiger partial charge >= 0.3 is 12.1 Å². The summed E-state index contributed by atoms with van der Waals surface area (Å²) in [6.45, 7) is 5.11. The molecule has 0 amide bonds. The van der Waals surface area contributed by atoms with Crippen LogP contribution in [0.4, 0.5) is 13.2 Å². The average Bonchev–Trinajstić information content (AvgIpc) is 2.39. The van der Waals surface area contributed by atoms with Crippen molar-refractivity contribution in [3.8, 4) is 0 Å². The smallest absolute Gasteiger partial charge is 0.432 e. The van der Waals surface area contributed by atoms with E-state index < -0.39 is 17.7 Å². The van der Waals surface area contributed by atoms with Gasteiger partial charge in [0.05, 0.1) is 6.61 Å². The van der Waals surface area contributed by atoms with Gasteiger partial charge < -0.3 is 9.47 Å². The number of hydrogen-bond donors (Lipinski definition) is 0. The summed E-state index contributed by atoms with van der Waals surface area (Å²) < 4.78 is 49.7. The van der Waals surface area contributed by atoms with Gasteiger partial charge in [0.1, 0.15) is 0 Å². The second-order valence-corrected chi connectivity index (χ2v) is 4.59. The highest BCUT2D eigenvalue weighted by Gasteiger charge is 2.64. The summed E-state index contributed by atoms with van der Waals surface area (Å²) in [5.41, 5.74) is -2.73. The number of methoxy groups -OCH3 is 1. The predicted octanol–water partition coefficient (Wildman–Crippen LogP) is 3.60. The number of ether oxygens (including phenoxy) is 2. The fraction of sp³-hybridized carbons (Fsp3) is 0.400. The van der Waals surface area contributed by atoms with Gasteiger partial charge in [0.15, 0.2) is 0 Å². The molecule has 1 rings (SSSR count). The third kappa shape index (κ3) is 3.64. The van der Waals surface area contributed by atoms with Crippen molar-refractivity contribution in [2.45, 2.75) is 25.1 Å². The molecule has 0 aliphatic heterocycles. The quantitative estimate of drug-likeness (QED) is 0.595. The molecular formula is C15H17F3O3. The molecule has 0 saturated heterocycles. The molecule has 0 aromatic heterocycles. The Labute approximate surface area is 121 Å². The van der Waals surface area contributed by atoms with E-state index in [4.69, 9.17) is 4.74 Å². The first kappa shape index (κ1) is 17.2. The molecule has 21 heavy (non-hydrogen) atoms. The van der Waals surface area contributed by atoms with Gasteiger partial charge in [-0.3, -0.25) is 0 Å². The summed E-state index contributed by atoms with van der Waals surface area (Å²) in [6, 6.07) is 6.70. The van der Waals surface area contributed by atoms with Crippen LogP contribution < -0.4 is 0 Å². The molecule has 6 heteroatoms. The number of alkyl halides is 3. The van der Waals surface area contributed by atoms with Gasteiger partial charge in [-0.05, 0) is 6.92 Å². The average molecular weight is 302 g/mol. The topological polar surface area (TPSA) is 35.5 Å². The number of carbonyl (C=O) groups is 1. The second kappa shape index (κ2) is 6.76. The van der Waals surface area contributed by atoms with Crippen molar-refractivity contribution in [3.63, 3.8) is 0 Å². The van der Waals surface area contributed by atoms with Gasteiger partial charge in [0, 0.05) is 19.1 Å². The fourth-order valence-electron chi connectivity index (χ4n) is 1.81. The summed E-state index contributed by atoms with van der Waals surface area (Å²) in [5, 5.41) is 0. The van der Waals surface area contributed by atoms with Crippen LogP contribution in [0.1, 0.15) is 18.9 Å². The first-order chi connectivity index (χ1) is 9.75. The van der Waals surface area contributed by atoms with Crippen LogP contribution in [0.25, 0.3) is 0 Å². The molecule has 116 valence electrons. The Morgan fingerprint density at radius 1 is 1.24 bits per heavy atom. The molecule has 0 fully saturated rings. The van der Waals surface area contributed by atoms with Gasteiger partial charge in [-0.2, -0.15) is 13.2 Å². The maximum Gasteiger partial charge on any atom is 0.432 e. The Morgan fingerprint density at radius 3 is 2.24 bits per heavy atom. The van der Waals surface area contributed by atoms with E-state index in [0.29, 0.717) is 5.57 Å². The van der Waals surface area contributed by atoms with Crippen LogP contribution in [0, 0.1) is 0 Å². The fourth-order valence-corrected chi connectivity index (χ4v) is 1.81. The number of carbonyl (C=O) groups excluding carboxylic acids is 1. The van der Waals surface area contributed by atoms with Crippen molar-refractivity contribution in [3.05, 3.63) is 48.0 Å². The van der Waals surface area contributed by atoms with E-state index >= 15 is 0 Å². The van der Waals surface area contributed by atoms with Gasteiger partial charge in [-0.15, -0.1) is 6.58 Å². The maximum absolute atomic E-state index is 13.5. The van der Waals surface area contributed by atoms with E-state index in [1.807, 2.05) is 0 Å². The lowest BCUT2D eigenvalue weighted by atomic mass is 9.93. The predicted molar refractivity (Wildman–Crippen MR) is 71.6 cm³/mol. The Bertz CT molecular complexity index is 497. The minimum Gasteiger partial charge on any atom is -0.463 e. The SMILES string of the molecule is C=C(C)CCOC(=O)C(OC)(c1ccccc1)C(F)(F)F. The van der Waals surface area contributed by atoms with Gasteiger partial charge in [-0.25, -0.2) is 4.79 Å². The van der Waals surface area contributed by atoms with E-state index in [2.05, 4.69) is 11.3 Å². The molecule has 0 bridgehead atoms. The Balaban J connectivity index is 3.14. The first-order valence-electron chi connectivity index (χ1n) is 6.24. The molecule has 0 saturated carbocycles. The molecule has 0 N–H and O–H groups in total. The maximum atomic E-state index is 13.5. The van der Waals surface area contributed by atoms with E-state index in [-0.39, 0.29) is 18.6 Å². The molecular weight excluding hydrogens is 285 g/mol. The molecule has 1 unspecified atom stereocenters. The summed E-state index contributed by atoms with van der Waals surface area (Å²) >= 11 is 0. The van der Waals surface area contributed by atoms with Crippen molar-refractivity contribution >= 4 is 5.97 Å². The number of halogens is 3. The van der Waals surface area contributed by atoms with Crippen LogP contribution in [0.15, 0.2) is 42.5 Å². The Hall–Kier alpha value is -1.82. The zero-order chi connectivity index (χ0) is 16.1. The van der Waals surface area contributed by atoms with E-state index in [9.17, 15) is 18.0 Å². The number of hydrogen-bond acceptors (Lipinski definition) is 3. The van der Waals surface area contributed by atoms with Crippen LogP contribution in [-0.4, -0.2) is 25.9 Å². The highest BCUT2D eigenvalue weighted by atomic mass is 19.4. The molecule has 0 radical (unpaired) electrons. The van der Waals surface area contributed by atoms with Crippen molar-refractivity contribution in [1.82, 2.24) is 0 Å². The van der Waals surface area contributed by atoms with Crippen LogP contribution in [0.5, 0.6) is 0 Å². The minimum atomic E-state index is -4.94. The molecule has 1 aromatic carbocycles. The monoisotopic (exact) mass is 302 g/mol. The van der Waals surface area contributed by atoms with E-state index in [1.165, 1.54) is 24.3 Å². The lowest BCUT2D eigenvalue weighted by Crippen LogP contribution is -2.51. The first-order valence-corrected chi connectivity index (χ1v) is 6.24. The van der Waals surface area contributed by atoms with E-state index in [0.717, 1.165) is 7.11 Å². The number of rotatable bonds is 6. The van der Waals surface area contributed by atoms with Crippen LogP contribution in [-0.2, 0) is 19.9 Å². The highest BCUT2D eigenvalue weighted by Crippen LogP contribution is 2.42. The minimum absolute atomic E-state index is 0.178. The van der Waals surface area contributed by atoms with Gasteiger partial charge in [0.2, 0.25) is 0 Å². The molecule has 1 atom stereocenters. The van der Waals surface area contributed by atoms with Crippen molar-refractivity contribution < 1.29 is 27.4 Å². The Kier molecular flexibility index (Phi) is 5.54. The lowest BCUT2D eigenvalue weighted by molar-refractivity contribution is -0.276. The summed E-state index contributed by atoms with van der Waals surface area (Å²) in [6.07, 6.45) is -4.65. The summed E-state index contributed by atoms with van der Waals surface area (Å²) in [5.74, 6) is -1.48. The number of benzene rings is 1. The van der Waals surface area contributed by atoms with Crippen molar-refractivity contribution in [1.29, 1.82) is 0 Å². The highest BCUT2D eigenvalue weighted by molar-refractivity contribution is 5.82. The lowest BCUT2D eigenvalue weighted by Gasteiger charge is -2.32. The molecule has 0 aliphatic carbocycles. The van der Waals surface area contributed by atoms with Gasteiger partial charge in [-0.1, -0.05) is 35.9 Å². The van der Waals surface area contributed by atoms with Crippen LogP contribution >= 0.6 is 0 Å². The molecule has 0 aliphatic rings. The van der Waals surface area contributed by atoms with Gasteiger partial charge in [0.25, 0.3) is 5.60 Å². The molecule has 3 nitrogen and oxygen atoms in total. The summed E-state index contributed by atoms with van der Waals surface area (Å²) in [4.78, 5) is 12.0. The molecule has 1 aromatic rings. The number of esters is 1. The zero-order valence-corrected chi connectivity index (χ0v) is 11.9. The van der Waals surface area contributed by atoms with Crippen molar-refractivity contribution in [2.75, 3.05) is 13.7 Å². The summed E-state index contributed by atoms with van der Waals surface area (Å²) in [7, 11) is 0.834.